The molecule has 17 heavy (non-hydrogen) atoms. The van der Waals surface area contributed by atoms with Gasteiger partial charge in [-0.2, -0.15) is 0 Å². The van der Waals surface area contributed by atoms with Crippen molar-refractivity contribution < 1.29 is 4.74 Å². The molecule has 0 aliphatic carbocycles. The second-order valence-corrected chi connectivity index (χ2v) is 4.49. The van der Waals surface area contributed by atoms with Crippen molar-refractivity contribution in [1.82, 2.24) is 5.32 Å². The van der Waals surface area contributed by atoms with Crippen LogP contribution in [0.5, 0.6) is 0 Å². The van der Waals surface area contributed by atoms with Crippen LogP contribution in [0.1, 0.15) is 19.3 Å². The topological polar surface area (TPSA) is 33.3 Å². The van der Waals surface area contributed by atoms with E-state index in [0.717, 1.165) is 26.2 Å². The van der Waals surface area contributed by atoms with Gasteiger partial charge in [-0.05, 0) is 31.4 Å². The molecule has 1 aromatic rings. The number of para-hydroxylation sites is 1. The van der Waals surface area contributed by atoms with Gasteiger partial charge in [-0.15, -0.1) is 0 Å². The fraction of sp³-hybridized carbons (Fsp3) is 0.571. The van der Waals surface area contributed by atoms with Gasteiger partial charge in [-0.1, -0.05) is 18.2 Å². The molecule has 2 N–H and O–H groups in total. The van der Waals surface area contributed by atoms with E-state index in [2.05, 4.69) is 22.8 Å². The van der Waals surface area contributed by atoms with Gasteiger partial charge in [-0.3, -0.25) is 0 Å². The van der Waals surface area contributed by atoms with E-state index in [0.29, 0.717) is 6.10 Å². The van der Waals surface area contributed by atoms with Gasteiger partial charge in [0.1, 0.15) is 0 Å². The van der Waals surface area contributed by atoms with Crippen LogP contribution in [0.3, 0.4) is 0 Å². The highest BCUT2D eigenvalue weighted by molar-refractivity contribution is 5.42. The van der Waals surface area contributed by atoms with Gasteiger partial charge in [0.25, 0.3) is 0 Å². The van der Waals surface area contributed by atoms with Crippen LogP contribution in [0, 0.1) is 0 Å². The zero-order valence-electron chi connectivity index (χ0n) is 10.3. The minimum atomic E-state index is 0.431. The van der Waals surface area contributed by atoms with Crippen LogP contribution in [0.2, 0.25) is 0 Å². The molecule has 0 aromatic heterocycles. The highest BCUT2D eigenvalue weighted by Crippen LogP contribution is 2.11. The predicted molar refractivity (Wildman–Crippen MR) is 71.4 cm³/mol. The van der Waals surface area contributed by atoms with Crippen molar-refractivity contribution in [2.75, 3.05) is 31.6 Å². The maximum atomic E-state index is 5.66. The van der Waals surface area contributed by atoms with E-state index in [1.54, 1.807) is 0 Å². The minimum absolute atomic E-state index is 0.431. The summed E-state index contributed by atoms with van der Waals surface area (Å²) in [4.78, 5) is 0. The normalized spacial score (nSPS) is 20.1. The quantitative estimate of drug-likeness (QED) is 0.741. The lowest BCUT2D eigenvalue weighted by molar-refractivity contribution is 0.0172. The summed E-state index contributed by atoms with van der Waals surface area (Å²) in [7, 11) is 0. The zero-order valence-corrected chi connectivity index (χ0v) is 10.3. The fourth-order valence-corrected chi connectivity index (χ4v) is 2.08. The second kappa shape index (κ2) is 7.30. The molecule has 0 bridgehead atoms. The average molecular weight is 234 g/mol. The van der Waals surface area contributed by atoms with Crippen molar-refractivity contribution in [2.45, 2.75) is 25.4 Å². The van der Waals surface area contributed by atoms with Crippen LogP contribution in [0.25, 0.3) is 0 Å². The Labute approximate surface area is 104 Å². The Hall–Kier alpha value is -1.06. The van der Waals surface area contributed by atoms with Crippen molar-refractivity contribution in [3.63, 3.8) is 0 Å². The molecule has 1 fully saturated rings. The third-order valence-corrected chi connectivity index (χ3v) is 3.05. The van der Waals surface area contributed by atoms with E-state index in [-0.39, 0.29) is 0 Å². The van der Waals surface area contributed by atoms with Crippen LogP contribution < -0.4 is 10.6 Å². The maximum Gasteiger partial charge on any atom is 0.0699 e. The zero-order chi connectivity index (χ0) is 11.8. The fourth-order valence-electron chi connectivity index (χ4n) is 2.08. The smallest absolute Gasteiger partial charge is 0.0699 e. The molecular formula is C14H22N2O. The summed E-state index contributed by atoms with van der Waals surface area (Å²) in [6, 6.07) is 10.3. The van der Waals surface area contributed by atoms with Crippen LogP contribution in [-0.2, 0) is 4.74 Å². The molecule has 94 valence electrons. The van der Waals surface area contributed by atoms with Crippen molar-refractivity contribution in [1.29, 1.82) is 0 Å². The minimum Gasteiger partial charge on any atom is -0.384 e. The van der Waals surface area contributed by atoms with Gasteiger partial charge < -0.3 is 15.4 Å². The van der Waals surface area contributed by atoms with Crippen molar-refractivity contribution in [2.24, 2.45) is 0 Å². The van der Waals surface area contributed by atoms with Crippen molar-refractivity contribution in [3.8, 4) is 0 Å². The number of nitrogens with one attached hydrogen (secondary N) is 2. The van der Waals surface area contributed by atoms with Gasteiger partial charge in [0.05, 0.1) is 6.10 Å². The third kappa shape index (κ3) is 4.75. The van der Waals surface area contributed by atoms with Crippen LogP contribution in [0.4, 0.5) is 5.69 Å². The van der Waals surface area contributed by atoms with Crippen molar-refractivity contribution in [3.05, 3.63) is 30.3 Å². The first kappa shape index (κ1) is 12.4. The number of benzene rings is 1. The lowest BCUT2D eigenvalue weighted by Crippen LogP contribution is -2.34. The summed E-state index contributed by atoms with van der Waals surface area (Å²) >= 11 is 0. The first-order valence-electron chi connectivity index (χ1n) is 6.56. The van der Waals surface area contributed by atoms with Crippen LogP contribution in [-0.4, -0.2) is 32.3 Å². The number of hydrogen-bond donors (Lipinski definition) is 2. The molecule has 1 unspecified atom stereocenters. The summed E-state index contributed by atoms with van der Waals surface area (Å²) in [5.41, 5.74) is 1.18. The molecule has 1 saturated heterocycles. The molecular weight excluding hydrogens is 212 g/mol. The molecule has 0 saturated carbocycles. The molecule has 1 aliphatic rings. The monoisotopic (exact) mass is 234 g/mol. The number of rotatable bonds is 6. The second-order valence-electron chi connectivity index (χ2n) is 4.49. The standard InChI is InChI=1S/C14H22N2O/c1-2-6-13(7-3-1)16-10-9-15-12-14-8-4-5-11-17-14/h1-3,6-7,14-16H,4-5,8-12H2. The highest BCUT2D eigenvalue weighted by atomic mass is 16.5. The Balaban J connectivity index is 1.51. The molecule has 1 aromatic carbocycles. The van der Waals surface area contributed by atoms with E-state index in [1.165, 1.54) is 24.9 Å². The summed E-state index contributed by atoms with van der Waals surface area (Å²) in [6.45, 7) is 3.86. The first-order valence-corrected chi connectivity index (χ1v) is 6.56. The van der Waals surface area contributed by atoms with Crippen LogP contribution >= 0.6 is 0 Å². The summed E-state index contributed by atoms with van der Waals surface area (Å²) in [5.74, 6) is 0. The molecule has 1 aliphatic heterocycles. The van der Waals surface area contributed by atoms with Gasteiger partial charge >= 0.3 is 0 Å². The summed E-state index contributed by atoms with van der Waals surface area (Å²) in [6.07, 6.45) is 4.18. The molecule has 0 spiro atoms. The van der Waals surface area contributed by atoms with Gasteiger partial charge in [0.2, 0.25) is 0 Å². The molecule has 3 heteroatoms. The van der Waals surface area contributed by atoms with Gasteiger partial charge in [0.15, 0.2) is 0 Å². The van der Waals surface area contributed by atoms with Crippen LogP contribution in [0.15, 0.2) is 30.3 Å². The van der Waals surface area contributed by atoms with E-state index in [1.807, 2.05) is 18.2 Å². The summed E-state index contributed by atoms with van der Waals surface area (Å²) < 4.78 is 5.66. The Kier molecular flexibility index (Phi) is 5.33. The van der Waals surface area contributed by atoms with Gasteiger partial charge in [0, 0.05) is 31.9 Å². The third-order valence-electron chi connectivity index (χ3n) is 3.05. The largest absolute Gasteiger partial charge is 0.384 e. The van der Waals surface area contributed by atoms with E-state index in [9.17, 15) is 0 Å². The lowest BCUT2D eigenvalue weighted by atomic mass is 10.1. The molecule has 0 amide bonds. The number of hydrogen-bond acceptors (Lipinski definition) is 3. The van der Waals surface area contributed by atoms with E-state index < -0.39 is 0 Å². The molecule has 3 nitrogen and oxygen atoms in total. The Morgan fingerprint density at radius 1 is 1.12 bits per heavy atom. The predicted octanol–water partition coefficient (Wildman–Crippen LogP) is 2.26. The Morgan fingerprint density at radius 3 is 2.76 bits per heavy atom. The molecule has 2 rings (SSSR count). The van der Waals surface area contributed by atoms with E-state index in [4.69, 9.17) is 4.74 Å². The first-order chi connectivity index (χ1) is 8.45. The highest BCUT2D eigenvalue weighted by Gasteiger charge is 2.12. The Morgan fingerprint density at radius 2 is 2.00 bits per heavy atom. The van der Waals surface area contributed by atoms with Crippen molar-refractivity contribution >= 4 is 5.69 Å². The molecule has 1 atom stereocenters. The lowest BCUT2D eigenvalue weighted by Gasteiger charge is -2.22. The van der Waals surface area contributed by atoms with Gasteiger partial charge in [-0.25, -0.2) is 0 Å². The molecule has 1 heterocycles. The maximum absolute atomic E-state index is 5.66. The summed E-state index contributed by atoms with van der Waals surface area (Å²) in [5, 5.41) is 6.82. The average Bonchev–Trinajstić information content (AvgIpc) is 2.41. The molecule has 0 radical (unpaired) electrons. The SMILES string of the molecule is c1ccc(NCCNCC2CCCCO2)cc1. The number of ether oxygens (including phenoxy) is 1. The number of anilines is 1. The Bertz CT molecular complexity index is 296. The van der Waals surface area contributed by atoms with E-state index >= 15 is 0 Å².